The number of alkyl halides is 3. The number of rotatable bonds is 13. The van der Waals surface area contributed by atoms with E-state index < -0.39 is 11.7 Å². The summed E-state index contributed by atoms with van der Waals surface area (Å²) < 4.78 is 36.7. The fourth-order valence-electron chi connectivity index (χ4n) is 4.65. The third-order valence-corrected chi connectivity index (χ3v) is 7.40. The van der Waals surface area contributed by atoms with Crippen molar-refractivity contribution in [3.05, 3.63) is 106 Å². The molecule has 0 unspecified atom stereocenters. The van der Waals surface area contributed by atoms with Gasteiger partial charge >= 0.3 is 6.18 Å². The van der Waals surface area contributed by atoms with E-state index in [0.717, 1.165) is 49.8 Å². The van der Waals surface area contributed by atoms with Crippen molar-refractivity contribution in [1.29, 1.82) is 0 Å². The molecule has 0 atom stereocenters. The quantitative estimate of drug-likeness (QED) is 0.180. The molecule has 3 heteroatoms. The Bertz CT molecular complexity index is 1050. The Kier molecular flexibility index (Phi) is 18.9. The maximum atomic E-state index is 12.2. The highest BCUT2D eigenvalue weighted by Gasteiger charge is 2.29. The smallest absolute Gasteiger partial charge is 0.166 e. The zero-order chi connectivity index (χ0) is 30.5. The third-order valence-electron chi connectivity index (χ3n) is 7.40. The molecule has 0 heterocycles. The SMILES string of the molecule is CCCCCc1ccc(C(F)(F)F)cc1.CCCCCc1ccc(C)cc1C.CCCCCc1ccc(CC)cc1. The second kappa shape index (κ2) is 21.2. The molecule has 0 amide bonds. The molecule has 0 aliphatic rings. The van der Waals surface area contributed by atoms with Gasteiger partial charge in [-0.25, -0.2) is 0 Å². The Morgan fingerprint density at radius 2 is 0.951 bits per heavy atom. The first kappa shape index (κ1) is 36.5. The Morgan fingerprint density at radius 3 is 1.37 bits per heavy atom. The molecule has 228 valence electrons. The highest BCUT2D eigenvalue weighted by Crippen LogP contribution is 2.29. The molecule has 0 aliphatic carbocycles. The summed E-state index contributed by atoms with van der Waals surface area (Å²) in [7, 11) is 0. The van der Waals surface area contributed by atoms with Crippen LogP contribution in [0.4, 0.5) is 13.2 Å². The van der Waals surface area contributed by atoms with E-state index in [1.54, 1.807) is 12.1 Å². The first-order valence-electron chi connectivity index (χ1n) is 15.9. The van der Waals surface area contributed by atoms with Gasteiger partial charge < -0.3 is 0 Å². The molecule has 0 bridgehead atoms. The van der Waals surface area contributed by atoms with Crippen LogP contribution < -0.4 is 0 Å². The van der Waals surface area contributed by atoms with Gasteiger partial charge in [0.25, 0.3) is 0 Å². The molecule has 3 aromatic rings. The van der Waals surface area contributed by atoms with Crippen LogP contribution in [-0.2, 0) is 31.9 Å². The molecular weight excluding hydrogens is 513 g/mol. The predicted octanol–water partition coefficient (Wildman–Crippen LogP) is 12.5. The predicted molar refractivity (Wildman–Crippen MR) is 173 cm³/mol. The van der Waals surface area contributed by atoms with E-state index in [9.17, 15) is 13.2 Å². The summed E-state index contributed by atoms with van der Waals surface area (Å²) in [6.07, 6.45) is 11.6. The zero-order valence-electron chi connectivity index (χ0n) is 26.7. The van der Waals surface area contributed by atoms with Crippen LogP contribution in [0.5, 0.6) is 0 Å². The van der Waals surface area contributed by atoms with E-state index in [0.29, 0.717) is 0 Å². The number of unbranched alkanes of at least 4 members (excludes halogenated alkanes) is 6. The molecule has 3 aromatic carbocycles. The lowest BCUT2D eigenvalue weighted by Gasteiger charge is -2.07. The number of hydrogen-bond acceptors (Lipinski definition) is 0. The third kappa shape index (κ3) is 16.5. The Labute approximate surface area is 249 Å². The fourth-order valence-corrected chi connectivity index (χ4v) is 4.65. The monoisotopic (exact) mass is 568 g/mol. The van der Waals surface area contributed by atoms with Crippen LogP contribution in [0.15, 0.2) is 66.7 Å². The van der Waals surface area contributed by atoms with Gasteiger partial charge in [-0.05, 0) is 98.7 Å². The van der Waals surface area contributed by atoms with E-state index in [-0.39, 0.29) is 0 Å². The maximum Gasteiger partial charge on any atom is 0.416 e. The van der Waals surface area contributed by atoms with Crippen LogP contribution in [0.1, 0.15) is 124 Å². The number of hydrogen-bond donors (Lipinski definition) is 0. The lowest BCUT2D eigenvalue weighted by molar-refractivity contribution is -0.137. The van der Waals surface area contributed by atoms with Gasteiger partial charge in [-0.3, -0.25) is 0 Å². The Morgan fingerprint density at radius 1 is 0.512 bits per heavy atom. The number of halogens is 3. The summed E-state index contributed by atoms with van der Waals surface area (Å²) >= 11 is 0. The summed E-state index contributed by atoms with van der Waals surface area (Å²) in [5, 5.41) is 0. The molecule has 0 N–H and O–H groups in total. The molecule has 0 aromatic heterocycles. The highest BCUT2D eigenvalue weighted by molar-refractivity contribution is 5.30. The minimum Gasteiger partial charge on any atom is -0.166 e. The molecule has 0 nitrogen and oxygen atoms in total. The first-order chi connectivity index (χ1) is 19.6. The molecule has 0 aliphatic heterocycles. The normalized spacial score (nSPS) is 10.9. The van der Waals surface area contributed by atoms with E-state index in [4.69, 9.17) is 0 Å². The second-order valence-corrected chi connectivity index (χ2v) is 11.2. The molecule has 41 heavy (non-hydrogen) atoms. The summed E-state index contributed by atoms with van der Waals surface area (Å²) in [5.74, 6) is 0. The lowest BCUT2D eigenvalue weighted by Crippen LogP contribution is -2.04. The van der Waals surface area contributed by atoms with Gasteiger partial charge in [0.1, 0.15) is 0 Å². The zero-order valence-corrected chi connectivity index (χ0v) is 26.7. The maximum absolute atomic E-state index is 12.2. The van der Waals surface area contributed by atoms with Crippen molar-refractivity contribution < 1.29 is 13.2 Å². The van der Waals surface area contributed by atoms with E-state index >= 15 is 0 Å². The van der Waals surface area contributed by atoms with Crippen molar-refractivity contribution in [2.45, 2.75) is 131 Å². The molecule has 3 rings (SSSR count). The van der Waals surface area contributed by atoms with Crippen LogP contribution in [0.2, 0.25) is 0 Å². The average molecular weight is 569 g/mol. The largest absolute Gasteiger partial charge is 0.416 e. The van der Waals surface area contributed by atoms with E-state index in [2.05, 4.69) is 84.0 Å². The summed E-state index contributed by atoms with van der Waals surface area (Å²) in [6, 6.07) is 21.3. The van der Waals surface area contributed by atoms with Crippen LogP contribution in [0.3, 0.4) is 0 Å². The van der Waals surface area contributed by atoms with Gasteiger partial charge in [-0.15, -0.1) is 0 Å². The molecule has 0 spiro atoms. The Balaban J connectivity index is 0.000000309. The molecule has 0 saturated heterocycles. The van der Waals surface area contributed by atoms with Crippen molar-refractivity contribution in [2.24, 2.45) is 0 Å². The first-order valence-corrected chi connectivity index (χ1v) is 15.9. The topological polar surface area (TPSA) is 0 Å². The van der Waals surface area contributed by atoms with Crippen molar-refractivity contribution in [3.8, 4) is 0 Å². The second-order valence-electron chi connectivity index (χ2n) is 11.2. The summed E-state index contributed by atoms with van der Waals surface area (Å²) in [6.45, 7) is 13.2. The minimum atomic E-state index is -4.22. The highest BCUT2D eigenvalue weighted by atomic mass is 19.4. The fraction of sp³-hybridized carbons (Fsp3) is 0.526. The standard InChI is InChI=1S/2C13H20.C12H15F3/c1-4-5-6-7-13-9-8-11(2)10-12(13)3;1-3-5-6-7-13-10-8-12(4-2)9-11-13;1-2-3-4-5-10-6-8-11(9-7-10)12(13,14)15/h8-10H,4-7H2,1-3H3;8-11H,3-7H2,1-2H3;6-9H,2-5H2,1H3. The van der Waals surface area contributed by atoms with Gasteiger partial charge in [-0.1, -0.05) is 126 Å². The Hall–Kier alpha value is -2.55. The van der Waals surface area contributed by atoms with Gasteiger partial charge in [-0.2, -0.15) is 13.2 Å². The van der Waals surface area contributed by atoms with Gasteiger partial charge in [0.05, 0.1) is 5.56 Å². The van der Waals surface area contributed by atoms with E-state index in [1.165, 1.54) is 79.2 Å². The van der Waals surface area contributed by atoms with Crippen LogP contribution in [-0.4, -0.2) is 0 Å². The van der Waals surface area contributed by atoms with E-state index in [1.807, 2.05) is 0 Å². The number of aryl methyl sites for hydroxylation is 6. The average Bonchev–Trinajstić information content (AvgIpc) is 2.95. The molecule has 0 fully saturated rings. The van der Waals surface area contributed by atoms with Crippen LogP contribution in [0, 0.1) is 13.8 Å². The van der Waals surface area contributed by atoms with Crippen molar-refractivity contribution in [1.82, 2.24) is 0 Å². The van der Waals surface area contributed by atoms with Gasteiger partial charge in [0, 0.05) is 0 Å². The van der Waals surface area contributed by atoms with Gasteiger partial charge in [0.2, 0.25) is 0 Å². The van der Waals surface area contributed by atoms with Crippen LogP contribution in [0.25, 0.3) is 0 Å². The van der Waals surface area contributed by atoms with Crippen molar-refractivity contribution in [3.63, 3.8) is 0 Å². The molecular formula is C38H55F3. The number of benzene rings is 3. The van der Waals surface area contributed by atoms with Crippen LogP contribution >= 0.6 is 0 Å². The molecule has 0 saturated carbocycles. The summed E-state index contributed by atoms with van der Waals surface area (Å²) in [5.41, 5.74) is 7.70. The van der Waals surface area contributed by atoms with Gasteiger partial charge in [0.15, 0.2) is 0 Å². The van der Waals surface area contributed by atoms with Crippen molar-refractivity contribution >= 4 is 0 Å². The lowest BCUT2D eigenvalue weighted by atomic mass is 10.0. The summed E-state index contributed by atoms with van der Waals surface area (Å²) in [4.78, 5) is 0. The molecule has 0 radical (unpaired) electrons. The minimum absolute atomic E-state index is 0.568. The van der Waals surface area contributed by atoms with Crippen molar-refractivity contribution in [2.75, 3.05) is 0 Å².